The number of rotatable bonds is 5. The zero-order valence-corrected chi connectivity index (χ0v) is 9.98. The molecule has 0 aliphatic heterocycles. The monoisotopic (exact) mass is 193 g/mol. The van der Waals surface area contributed by atoms with E-state index in [9.17, 15) is 0 Å². The number of hydrogen-bond acceptors (Lipinski definition) is 1. The van der Waals surface area contributed by atoms with E-state index in [1.54, 1.807) is 0 Å². The maximum atomic E-state index is 6.19. The summed E-state index contributed by atoms with van der Waals surface area (Å²) in [5.74, 6) is 0. The molecule has 0 aliphatic carbocycles. The number of hydrogen-bond donors (Lipinski definition) is 1. The molecule has 1 heteroatoms. The molecule has 0 saturated heterocycles. The fourth-order valence-electron chi connectivity index (χ4n) is 1.70. The Balaban J connectivity index is 5.10. The molecule has 80 valence electrons. The quantitative estimate of drug-likeness (QED) is 0.525. The van der Waals surface area contributed by atoms with Crippen LogP contribution in [0.3, 0.4) is 0 Å². The van der Waals surface area contributed by atoms with Gasteiger partial charge in [-0.15, -0.1) is 5.73 Å². The van der Waals surface area contributed by atoms with Crippen LogP contribution in [0.2, 0.25) is 0 Å². The van der Waals surface area contributed by atoms with Crippen molar-refractivity contribution in [3.63, 3.8) is 0 Å². The molecule has 0 spiro atoms. The molecule has 0 rings (SSSR count). The van der Waals surface area contributed by atoms with Crippen molar-refractivity contribution < 1.29 is 0 Å². The van der Waals surface area contributed by atoms with Crippen molar-refractivity contribution in [2.24, 2.45) is 11.1 Å². The molecular weight excluding hydrogens is 170 g/mol. The molecule has 2 unspecified atom stereocenters. The molecule has 0 aromatic rings. The van der Waals surface area contributed by atoms with Crippen LogP contribution in [0.25, 0.3) is 0 Å². The normalized spacial score (nSPS) is 16.6. The van der Waals surface area contributed by atoms with Crippen molar-refractivity contribution in [1.29, 1.82) is 0 Å². The summed E-state index contributed by atoms with van der Waals surface area (Å²) >= 11 is 0. The minimum atomic E-state index is -0.155. The van der Waals surface area contributed by atoms with Crippen LogP contribution in [0.5, 0.6) is 0 Å². The Hall–Kier alpha value is -0.780. The predicted octanol–water partition coefficient (Wildman–Crippen LogP) is 3.43. The average molecular weight is 193 g/mol. The summed E-state index contributed by atoms with van der Waals surface area (Å²) in [5, 5.41) is 0. The van der Waals surface area contributed by atoms with Gasteiger partial charge in [0.1, 0.15) is 0 Å². The molecule has 0 heterocycles. The van der Waals surface area contributed by atoms with Gasteiger partial charge in [-0.2, -0.15) is 0 Å². The molecule has 0 amide bonds. The zero-order chi connectivity index (χ0) is 11.4. The Bertz CT molecular complexity index is 258. The van der Waals surface area contributed by atoms with Gasteiger partial charge in [-0.1, -0.05) is 32.1 Å². The summed E-state index contributed by atoms with van der Waals surface area (Å²) in [4.78, 5) is 0. The van der Waals surface area contributed by atoms with E-state index in [2.05, 4.69) is 32.7 Å². The van der Waals surface area contributed by atoms with Gasteiger partial charge in [0.2, 0.25) is 0 Å². The summed E-state index contributed by atoms with van der Waals surface area (Å²) in [5.41, 5.74) is 11.2. The van der Waals surface area contributed by atoms with Gasteiger partial charge < -0.3 is 5.73 Å². The van der Waals surface area contributed by atoms with Crippen molar-refractivity contribution in [2.45, 2.75) is 46.6 Å². The van der Waals surface area contributed by atoms with E-state index < -0.39 is 0 Å². The van der Waals surface area contributed by atoms with Gasteiger partial charge in [0, 0.05) is 11.5 Å². The smallest absolute Gasteiger partial charge is 0.0311 e. The van der Waals surface area contributed by atoms with Gasteiger partial charge in [0.15, 0.2) is 0 Å². The van der Waals surface area contributed by atoms with Crippen LogP contribution in [0.4, 0.5) is 0 Å². The lowest BCUT2D eigenvalue weighted by Crippen LogP contribution is -2.41. The second-order valence-corrected chi connectivity index (χ2v) is 4.18. The van der Waals surface area contributed by atoms with Crippen LogP contribution < -0.4 is 5.73 Å². The summed E-state index contributed by atoms with van der Waals surface area (Å²) in [6, 6.07) is 0.110. The molecule has 1 nitrogen and oxygen atoms in total. The fraction of sp³-hybridized carbons (Fsp3) is 0.615. The number of nitrogens with two attached hydrogens (primary N) is 1. The third-order valence-electron chi connectivity index (χ3n) is 3.27. The third-order valence-corrected chi connectivity index (χ3v) is 3.27. The third kappa shape index (κ3) is 2.37. The second-order valence-electron chi connectivity index (χ2n) is 4.18. The largest absolute Gasteiger partial charge is 0.327 e. The molecule has 2 N–H and O–H groups in total. The predicted molar refractivity (Wildman–Crippen MR) is 64.1 cm³/mol. The molecule has 0 saturated carbocycles. The van der Waals surface area contributed by atoms with Crippen molar-refractivity contribution in [3.8, 4) is 0 Å². The molecule has 14 heavy (non-hydrogen) atoms. The van der Waals surface area contributed by atoms with Gasteiger partial charge in [-0.25, -0.2) is 0 Å². The Morgan fingerprint density at radius 2 is 2.00 bits per heavy atom. The van der Waals surface area contributed by atoms with E-state index >= 15 is 0 Å². The summed E-state index contributed by atoms with van der Waals surface area (Å²) in [7, 11) is 0. The van der Waals surface area contributed by atoms with E-state index in [0.29, 0.717) is 0 Å². The SMILES string of the molecule is C=C=C(C)C(C)(C(=C)C)C(N)CCC. The lowest BCUT2D eigenvalue weighted by Gasteiger charge is -2.36. The van der Waals surface area contributed by atoms with Crippen molar-refractivity contribution in [1.82, 2.24) is 0 Å². The van der Waals surface area contributed by atoms with Gasteiger partial charge in [0.05, 0.1) is 0 Å². The van der Waals surface area contributed by atoms with E-state index in [-0.39, 0.29) is 11.5 Å². The Morgan fingerprint density at radius 3 is 2.29 bits per heavy atom. The Kier molecular flexibility index (Phi) is 4.90. The fourth-order valence-corrected chi connectivity index (χ4v) is 1.70. The molecule has 0 radical (unpaired) electrons. The Morgan fingerprint density at radius 1 is 1.50 bits per heavy atom. The van der Waals surface area contributed by atoms with Crippen LogP contribution in [0.1, 0.15) is 40.5 Å². The molecular formula is C13H23N. The minimum absolute atomic E-state index is 0.110. The topological polar surface area (TPSA) is 26.0 Å². The van der Waals surface area contributed by atoms with Crippen molar-refractivity contribution in [3.05, 3.63) is 30.0 Å². The van der Waals surface area contributed by atoms with Crippen LogP contribution >= 0.6 is 0 Å². The van der Waals surface area contributed by atoms with Crippen molar-refractivity contribution in [2.75, 3.05) is 0 Å². The zero-order valence-electron chi connectivity index (χ0n) is 9.98. The first-order valence-electron chi connectivity index (χ1n) is 5.19. The van der Waals surface area contributed by atoms with Gasteiger partial charge in [0.25, 0.3) is 0 Å². The summed E-state index contributed by atoms with van der Waals surface area (Å²) in [6.45, 7) is 16.0. The first-order chi connectivity index (χ1) is 6.41. The van der Waals surface area contributed by atoms with Crippen LogP contribution in [-0.4, -0.2) is 6.04 Å². The highest BCUT2D eigenvalue weighted by Gasteiger charge is 2.33. The maximum absolute atomic E-state index is 6.19. The van der Waals surface area contributed by atoms with E-state index in [0.717, 1.165) is 24.0 Å². The van der Waals surface area contributed by atoms with Crippen LogP contribution in [0.15, 0.2) is 30.0 Å². The minimum Gasteiger partial charge on any atom is -0.327 e. The van der Waals surface area contributed by atoms with E-state index in [1.807, 2.05) is 13.8 Å². The average Bonchev–Trinajstić information content (AvgIpc) is 2.15. The molecule has 0 fully saturated rings. The maximum Gasteiger partial charge on any atom is 0.0311 e. The highest BCUT2D eigenvalue weighted by atomic mass is 14.7. The molecule has 0 aliphatic rings. The van der Waals surface area contributed by atoms with E-state index in [4.69, 9.17) is 5.73 Å². The van der Waals surface area contributed by atoms with Gasteiger partial charge >= 0.3 is 0 Å². The van der Waals surface area contributed by atoms with Crippen molar-refractivity contribution >= 4 is 0 Å². The van der Waals surface area contributed by atoms with E-state index in [1.165, 1.54) is 0 Å². The second kappa shape index (κ2) is 5.19. The first-order valence-corrected chi connectivity index (χ1v) is 5.19. The molecule has 0 bridgehead atoms. The molecule has 2 atom stereocenters. The molecule has 0 aromatic carbocycles. The molecule has 0 aromatic heterocycles. The lowest BCUT2D eigenvalue weighted by atomic mass is 9.70. The van der Waals surface area contributed by atoms with Crippen LogP contribution in [-0.2, 0) is 0 Å². The Labute approximate surface area is 88.4 Å². The highest BCUT2D eigenvalue weighted by molar-refractivity contribution is 5.26. The van der Waals surface area contributed by atoms with Gasteiger partial charge in [-0.05, 0) is 32.8 Å². The standard InChI is InChI=1S/C13H23N/c1-7-9-12(14)13(6,10(3)4)11(5)8-2/h12H,2-3,7,9,14H2,1,4-6H3. The highest BCUT2D eigenvalue weighted by Crippen LogP contribution is 2.37. The van der Waals surface area contributed by atoms with Crippen LogP contribution in [0, 0.1) is 5.41 Å². The summed E-state index contributed by atoms with van der Waals surface area (Å²) in [6.07, 6.45) is 2.09. The summed E-state index contributed by atoms with van der Waals surface area (Å²) < 4.78 is 0. The lowest BCUT2D eigenvalue weighted by molar-refractivity contribution is 0.354. The van der Waals surface area contributed by atoms with Gasteiger partial charge in [-0.3, -0.25) is 0 Å². The first kappa shape index (κ1) is 13.2.